The number of benzene rings is 1. The van der Waals surface area contributed by atoms with E-state index in [0.29, 0.717) is 18.9 Å². The average molecular weight is 456 g/mol. The number of fused-ring (bicyclic) bond motifs is 1. The Hall–Kier alpha value is -3.61. The molecule has 1 amide bonds. The van der Waals surface area contributed by atoms with Gasteiger partial charge in [0.15, 0.2) is 0 Å². The van der Waals surface area contributed by atoms with E-state index in [1.165, 1.54) is 0 Å². The first-order chi connectivity index (χ1) is 16.2. The number of pyridine rings is 2. The number of carbonyl (C=O) groups is 1. The number of ether oxygens (including phenoxy) is 1. The van der Waals surface area contributed by atoms with Gasteiger partial charge in [0.1, 0.15) is 25.7 Å². The molecule has 1 N–H and O–H groups in total. The molecule has 3 rings (SSSR count). The van der Waals surface area contributed by atoms with Crippen molar-refractivity contribution in [1.29, 1.82) is 0 Å². The van der Waals surface area contributed by atoms with E-state index in [0.717, 1.165) is 44.4 Å². The zero-order chi connectivity index (χ0) is 24.8. The zero-order valence-corrected chi connectivity index (χ0v) is 21.0. The van der Waals surface area contributed by atoms with Crippen LogP contribution in [0.2, 0.25) is 0 Å². The van der Waals surface area contributed by atoms with E-state index >= 15 is 0 Å². The lowest BCUT2D eigenvalue weighted by Gasteiger charge is -2.20. The van der Waals surface area contributed by atoms with Crippen LogP contribution in [0.3, 0.4) is 0 Å². The quantitative estimate of drug-likeness (QED) is 0.396. The Morgan fingerprint density at radius 2 is 2.06 bits per heavy atom. The van der Waals surface area contributed by atoms with E-state index in [2.05, 4.69) is 33.9 Å². The molecule has 0 fully saturated rings. The van der Waals surface area contributed by atoms with Gasteiger partial charge in [-0.15, -0.1) is 0 Å². The third kappa shape index (κ3) is 5.65. The van der Waals surface area contributed by atoms with Gasteiger partial charge in [0.25, 0.3) is 0 Å². The van der Waals surface area contributed by atoms with Crippen LogP contribution in [0.1, 0.15) is 36.2 Å². The van der Waals surface area contributed by atoms with E-state index in [1.54, 1.807) is 12.3 Å². The van der Waals surface area contributed by atoms with Crippen molar-refractivity contribution < 1.29 is 9.53 Å². The van der Waals surface area contributed by atoms with Crippen molar-refractivity contribution >= 4 is 35.8 Å². The van der Waals surface area contributed by atoms with Crippen LogP contribution in [-0.4, -0.2) is 42.7 Å². The highest BCUT2D eigenvalue weighted by Crippen LogP contribution is 2.32. The first-order valence-corrected chi connectivity index (χ1v) is 11.5. The van der Waals surface area contributed by atoms with Crippen molar-refractivity contribution in [3.05, 3.63) is 77.8 Å². The zero-order valence-electron chi connectivity index (χ0n) is 21.0. The van der Waals surface area contributed by atoms with Gasteiger partial charge >= 0.3 is 0 Å². The Balaban J connectivity index is 1.96. The Morgan fingerprint density at radius 3 is 2.74 bits per heavy atom. The molecule has 6 nitrogen and oxygen atoms in total. The summed E-state index contributed by atoms with van der Waals surface area (Å²) in [6.45, 7) is 10.4. The lowest BCUT2D eigenvalue weighted by Crippen LogP contribution is -2.29. The standard InChI is InChI=1S/C27H33BN4O2/c1-7-9-24(32(5)6)21-12-18(4)31-26-20(21)10-8-11-25(26)34-16-22-19(13-29-15-23(22)28)14-30-27(33)17(2)3/h7-13,15,17H,1,14,16,28H2,2-6H3,(H,30,33)/b24-9-. The average Bonchev–Trinajstić information content (AvgIpc) is 2.79. The van der Waals surface area contributed by atoms with Crippen molar-refractivity contribution in [2.75, 3.05) is 14.1 Å². The number of rotatable bonds is 9. The number of allylic oxidation sites excluding steroid dienone is 2. The smallest absolute Gasteiger partial charge is 0.222 e. The van der Waals surface area contributed by atoms with Crippen LogP contribution in [0.25, 0.3) is 16.6 Å². The van der Waals surface area contributed by atoms with Gasteiger partial charge in [0.2, 0.25) is 5.91 Å². The number of hydrogen-bond donors (Lipinski definition) is 1. The van der Waals surface area contributed by atoms with Crippen molar-refractivity contribution in [1.82, 2.24) is 20.2 Å². The number of aromatic nitrogens is 2. The summed E-state index contributed by atoms with van der Waals surface area (Å²) < 4.78 is 6.34. The van der Waals surface area contributed by atoms with Gasteiger partial charge in [0.05, 0.1) is 0 Å². The largest absolute Gasteiger partial charge is 0.487 e. The molecule has 0 saturated heterocycles. The molecule has 0 saturated carbocycles. The molecule has 34 heavy (non-hydrogen) atoms. The SMILES string of the molecule is Bc1cncc(CNC(=O)C(C)C)c1COc1cccc2c(/C(=C/C=C)N(C)C)cc(C)nc12. The third-order valence-corrected chi connectivity index (χ3v) is 5.68. The maximum atomic E-state index is 12.1. The van der Waals surface area contributed by atoms with Crippen LogP contribution < -0.4 is 15.5 Å². The van der Waals surface area contributed by atoms with Crippen LogP contribution in [0.15, 0.2) is 55.4 Å². The fourth-order valence-corrected chi connectivity index (χ4v) is 3.81. The minimum atomic E-state index is -0.0705. The summed E-state index contributed by atoms with van der Waals surface area (Å²) in [5.41, 5.74) is 6.84. The van der Waals surface area contributed by atoms with E-state index in [9.17, 15) is 4.79 Å². The summed E-state index contributed by atoms with van der Waals surface area (Å²) in [7, 11) is 6.04. The molecule has 2 aromatic heterocycles. The molecule has 0 bridgehead atoms. The second-order valence-corrected chi connectivity index (χ2v) is 8.90. The van der Waals surface area contributed by atoms with E-state index < -0.39 is 0 Å². The van der Waals surface area contributed by atoms with Gasteiger partial charge in [-0.05, 0) is 36.3 Å². The molecule has 7 heteroatoms. The fraction of sp³-hybridized carbons (Fsp3) is 0.296. The maximum absolute atomic E-state index is 12.1. The molecule has 0 radical (unpaired) electrons. The summed E-state index contributed by atoms with van der Waals surface area (Å²) in [6.07, 6.45) is 7.40. The van der Waals surface area contributed by atoms with Crippen LogP contribution in [0, 0.1) is 12.8 Å². The molecule has 2 heterocycles. The number of para-hydroxylation sites is 1. The molecule has 0 aliphatic heterocycles. The second-order valence-electron chi connectivity index (χ2n) is 8.90. The first kappa shape index (κ1) is 25.0. The molecule has 0 spiro atoms. The summed E-state index contributed by atoms with van der Waals surface area (Å²) in [4.78, 5) is 23.3. The van der Waals surface area contributed by atoms with Crippen molar-refractivity contribution in [3.63, 3.8) is 0 Å². The monoisotopic (exact) mass is 456 g/mol. The molecule has 1 aromatic carbocycles. The highest BCUT2D eigenvalue weighted by Gasteiger charge is 2.15. The summed E-state index contributed by atoms with van der Waals surface area (Å²) in [5.74, 6) is 0.658. The van der Waals surface area contributed by atoms with Crippen LogP contribution in [0.4, 0.5) is 0 Å². The summed E-state index contributed by atoms with van der Waals surface area (Å²) >= 11 is 0. The van der Waals surface area contributed by atoms with Gasteiger partial charge in [-0.25, -0.2) is 4.98 Å². The van der Waals surface area contributed by atoms with Crippen LogP contribution in [-0.2, 0) is 17.9 Å². The molecule has 0 aliphatic carbocycles. The number of aryl methyl sites for hydroxylation is 1. The molecular formula is C27H33BN4O2. The minimum absolute atomic E-state index is 0.0129. The lowest BCUT2D eigenvalue weighted by molar-refractivity contribution is -0.124. The number of carbonyl (C=O) groups excluding carboxylic acids is 1. The van der Waals surface area contributed by atoms with E-state index in [-0.39, 0.29) is 11.8 Å². The second kappa shape index (κ2) is 11.0. The number of amides is 1. The van der Waals surface area contributed by atoms with Gasteiger partial charge in [0, 0.05) is 61.3 Å². The van der Waals surface area contributed by atoms with E-state index in [4.69, 9.17) is 9.72 Å². The van der Waals surface area contributed by atoms with Crippen LogP contribution >= 0.6 is 0 Å². The normalized spacial score (nSPS) is 11.5. The number of nitrogens with one attached hydrogen (secondary N) is 1. The summed E-state index contributed by atoms with van der Waals surface area (Å²) in [5, 5.41) is 3.99. The predicted octanol–water partition coefficient (Wildman–Crippen LogP) is 3.14. The fourth-order valence-electron chi connectivity index (χ4n) is 3.81. The van der Waals surface area contributed by atoms with Crippen LogP contribution in [0.5, 0.6) is 5.75 Å². The van der Waals surface area contributed by atoms with Gasteiger partial charge in [-0.1, -0.05) is 44.1 Å². The third-order valence-electron chi connectivity index (χ3n) is 5.68. The number of hydrogen-bond acceptors (Lipinski definition) is 5. The first-order valence-electron chi connectivity index (χ1n) is 11.5. The maximum Gasteiger partial charge on any atom is 0.222 e. The van der Waals surface area contributed by atoms with Gasteiger partial charge in [-0.3, -0.25) is 9.78 Å². The highest BCUT2D eigenvalue weighted by atomic mass is 16.5. The molecule has 3 aromatic rings. The molecular weight excluding hydrogens is 423 g/mol. The Kier molecular flexibility index (Phi) is 8.10. The molecule has 0 unspecified atom stereocenters. The lowest BCUT2D eigenvalue weighted by atomic mass is 9.90. The Labute approximate surface area is 203 Å². The van der Waals surface area contributed by atoms with Crippen molar-refractivity contribution in [2.24, 2.45) is 5.92 Å². The Morgan fingerprint density at radius 1 is 1.29 bits per heavy atom. The molecule has 0 atom stereocenters. The van der Waals surface area contributed by atoms with Gasteiger partial charge in [-0.2, -0.15) is 0 Å². The van der Waals surface area contributed by atoms with Crippen molar-refractivity contribution in [3.8, 4) is 5.75 Å². The van der Waals surface area contributed by atoms with Gasteiger partial charge < -0.3 is 15.0 Å². The Bertz CT molecular complexity index is 1230. The molecule has 0 aliphatic rings. The minimum Gasteiger partial charge on any atom is -0.487 e. The molecule has 176 valence electrons. The summed E-state index contributed by atoms with van der Waals surface area (Å²) in [6, 6.07) is 8.09. The highest BCUT2D eigenvalue weighted by molar-refractivity contribution is 6.33. The predicted molar refractivity (Wildman–Crippen MR) is 142 cm³/mol. The van der Waals surface area contributed by atoms with E-state index in [1.807, 2.05) is 67.1 Å². The van der Waals surface area contributed by atoms with Crippen molar-refractivity contribution in [2.45, 2.75) is 33.9 Å². The number of nitrogens with zero attached hydrogens (tertiary/aromatic N) is 3. The topological polar surface area (TPSA) is 67.3 Å².